The highest BCUT2D eigenvalue weighted by Gasteiger charge is 2.17. The number of fused-ring (bicyclic) bond motifs is 1. The van der Waals surface area contributed by atoms with Crippen LogP contribution in [0.2, 0.25) is 0 Å². The zero-order chi connectivity index (χ0) is 14.1. The van der Waals surface area contributed by atoms with E-state index >= 15 is 0 Å². The molecular weight excluding hydrogens is 344 g/mol. The molecule has 2 aromatic rings. The maximum atomic E-state index is 12.1. The van der Waals surface area contributed by atoms with Crippen LogP contribution in [-0.2, 0) is 0 Å². The number of carbonyl (C=O) groups excluding carboxylic acids is 1. The summed E-state index contributed by atoms with van der Waals surface area (Å²) in [6, 6.07) is 3.55. The van der Waals surface area contributed by atoms with Crippen LogP contribution in [-0.4, -0.2) is 24.1 Å². The summed E-state index contributed by atoms with van der Waals surface area (Å²) in [6.07, 6.45) is 1.57. The highest BCUT2D eigenvalue weighted by molar-refractivity contribution is 9.10. The first kappa shape index (κ1) is 13.4. The Morgan fingerprint density at radius 3 is 2.70 bits per heavy atom. The molecule has 0 saturated carbocycles. The lowest BCUT2D eigenvalue weighted by Gasteiger charge is -2.20. The van der Waals surface area contributed by atoms with Gasteiger partial charge in [0.1, 0.15) is 18.1 Å². The minimum atomic E-state index is -0.187. The number of ether oxygens (including phenoxy) is 2. The van der Waals surface area contributed by atoms with Crippen molar-refractivity contribution in [3.63, 3.8) is 0 Å². The SMILES string of the molecule is Cc1ncc(C(=O)Nc2cc3c(cc2Br)OCCO3)s1. The van der Waals surface area contributed by atoms with Crippen molar-refractivity contribution in [3.8, 4) is 11.5 Å². The third-order valence-corrected chi connectivity index (χ3v) is 4.29. The van der Waals surface area contributed by atoms with Crippen molar-refractivity contribution in [2.75, 3.05) is 18.5 Å². The predicted molar refractivity (Wildman–Crippen MR) is 79.9 cm³/mol. The number of benzene rings is 1. The molecule has 104 valence electrons. The topological polar surface area (TPSA) is 60.5 Å². The minimum Gasteiger partial charge on any atom is -0.486 e. The van der Waals surface area contributed by atoms with E-state index in [0.29, 0.717) is 35.3 Å². The van der Waals surface area contributed by atoms with Gasteiger partial charge < -0.3 is 14.8 Å². The fraction of sp³-hybridized carbons (Fsp3) is 0.231. The lowest BCUT2D eigenvalue weighted by Crippen LogP contribution is -2.16. The molecule has 2 heterocycles. The second kappa shape index (κ2) is 5.41. The lowest BCUT2D eigenvalue weighted by atomic mass is 10.2. The zero-order valence-electron chi connectivity index (χ0n) is 10.6. The molecule has 1 aromatic heterocycles. The molecule has 7 heteroatoms. The van der Waals surface area contributed by atoms with Crippen molar-refractivity contribution in [2.24, 2.45) is 0 Å². The van der Waals surface area contributed by atoms with Crippen molar-refractivity contribution in [2.45, 2.75) is 6.92 Å². The van der Waals surface area contributed by atoms with Gasteiger partial charge in [0.25, 0.3) is 5.91 Å². The Balaban J connectivity index is 1.85. The number of thiazole rings is 1. The fourth-order valence-corrected chi connectivity index (χ4v) is 2.90. The molecule has 0 atom stereocenters. The van der Waals surface area contributed by atoms with E-state index in [9.17, 15) is 4.79 Å². The first-order chi connectivity index (χ1) is 9.63. The summed E-state index contributed by atoms with van der Waals surface area (Å²) in [5, 5.41) is 3.70. The van der Waals surface area contributed by atoms with Crippen LogP contribution in [0.15, 0.2) is 22.8 Å². The average molecular weight is 355 g/mol. The number of amides is 1. The molecule has 3 rings (SSSR count). The molecule has 1 aromatic carbocycles. The van der Waals surface area contributed by atoms with E-state index in [1.165, 1.54) is 11.3 Å². The summed E-state index contributed by atoms with van der Waals surface area (Å²) in [7, 11) is 0. The van der Waals surface area contributed by atoms with Gasteiger partial charge in [-0.1, -0.05) is 0 Å². The van der Waals surface area contributed by atoms with Crippen molar-refractivity contribution >= 4 is 38.9 Å². The van der Waals surface area contributed by atoms with E-state index in [4.69, 9.17) is 9.47 Å². The van der Waals surface area contributed by atoms with Crippen molar-refractivity contribution in [3.05, 3.63) is 32.7 Å². The van der Waals surface area contributed by atoms with Gasteiger partial charge in [-0.25, -0.2) is 4.98 Å². The molecule has 1 aliphatic rings. The van der Waals surface area contributed by atoms with Gasteiger partial charge in [-0.05, 0) is 22.9 Å². The number of halogens is 1. The lowest BCUT2D eigenvalue weighted by molar-refractivity contribution is 0.103. The first-order valence-electron chi connectivity index (χ1n) is 5.96. The number of hydrogen-bond acceptors (Lipinski definition) is 5. The Hall–Kier alpha value is -1.60. The average Bonchev–Trinajstić information content (AvgIpc) is 2.86. The van der Waals surface area contributed by atoms with Crippen LogP contribution < -0.4 is 14.8 Å². The van der Waals surface area contributed by atoms with Gasteiger partial charge in [-0.15, -0.1) is 11.3 Å². The van der Waals surface area contributed by atoms with Gasteiger partial charge in [0.05, 0.1) is 16.9 Å². The Morgan fingerprint density at radius 2 is 2.05 bits per heavy atom. The first-order valence-corrected chi connectivity index (χ1v) is 7.57. The van der Waals surface area contributed by atoms with Crippen LogP contribution >= 0.6 is 27.3 Å². The maximum absolute atomic E-state index is 12.1. The summed E-state index contributed by atoms with van der Waals surface area (Å²) >= 11 is 4.77. The van der Waals surface area contributed by atoms with Crippen LogP contribution in [0.1, 0.15) is 14.7 Å². The van der Waals surface area contributed by atoms with Crippen molar-refractivity contribution < 1.29 is 14.3 Å². The van der Waals surface area contributed by atoms with Gasteiger partial charge in [0.2, 0.25) is 0 Å². The normalized spacial score (nSPS) is 13.1. The summed E-state index contributed by atoms with van der Waals surface area (Å²) in [5.41, 5.74) is 0.644. The second-order valence-corrected chi connectivity index (χ2v) is 6.26. The number of anilines is 1. The molecule has 0 spiro atoms. The second-order valence-electron chi connectivity index (χ2n) is 4.17. The monoisotopic (exact) mass is 354 g/mol. The molecule has 20 heavy (non-hydrogen) atoms. The van der Waals surface area contributed by atoms with Gasteiger partial charge >= 0.3 is 0 Å². The van der Waals surface area contributed by atoms with E-state index in [0.717, 1.165) is 9.48 Å². The van der Waals surface area contributed by atoms with Crippen LogP contribution in [0.4, 0.5) is 5.69 Å². The minimum absolute atomic E-state index is 0.187. The van der Waals surface area contributed by atoms with Crippen molar-refractivity contribution in [1.29, 1.82) is 0 Å². The highest BCUT2D eigenvalue weighted by atomic mass is 79.9. The van der Waals surface area contributed by atoms with E-state index in [1.54, 1.807) is 18.3 Å². The molecule has 1 aliphatic heterocycles. The number of aromatic nitrogens is 1. The largest absolute Gasteiger partial charge is 0.486 e. The van der Waals surface area contributed by atoms with E-state index < -0.39 is 0 Å². The Labute approximate surface area is 128 Å². The molecule has 0 bridgehead atoms. The van der Waals surface area contributed by atoms with E-state index in [1.807, 2.05) is 6.92 Å². The number of rotatable bonds is 2. The third kappa shape index (κ3) is 2.64. The van der Waals surface area contributed by atoms with E-state index in [2.05, 4.69) is 26.2 Å². The van der Waals surface area contributed by atoms with Crippen molar-refractivity contribution in [1.82, 2.24) is 4.98 Å². The molecule has 0 unspecified atom stereocenters. The molecule has 1 amide bonds. The van der Waals surface area contributed by atoms with Gasteiger partial charge in [-0.2, -0.15) is 0 Å². The molecule has 0 fully saturated rings. The van der Waals surface area contributed by atoms with Crippen LogP contribution in [0.25, 0.3) is 0 Å². The molecule has 1 N–H and O–H groups in total. The fourth-order valence-electron chi connectivity index (χ4n) is 1.81. The van der Waals surface area contributed by atoms with Crippen LogP contribution in [0.5, 0.6) is 11.5 Å². The third-order valence-electron chi connectivity index (χ3n) is 2.73. The summed E-state index contributed by atoms with van der Waals surface area (Å²) in [6.45, 7) is 2.91. The van der Waals surface area contributed by atoms with Gasteiger partial charge in [0, 0.05) is 16.6 Å². The summed E-state index contributed by atoms with van der Waals surface area (Å²) < 4.78 is 11.7. The maximum Gasteiger partial charge on any atom is 0.267 e. The summed E-state index contributed by atoms with van der Waals surface area (Å²) in [5.74, 6) is 1.12. The van der Waals surface area contributed by atoms with Gasteiger partial charge in [0.15, 0.2) is 11.5 Å². The quantitative estimate of drug-likeness (QED) is 0.899. The van der Waals surface area contributed by atoms with Gasteiger partial charge in [-0.3, -0.25) is 4.79 Å². The van der Waals surface area contributed by atoms with E-state index in [-0.39, 0.29) is 5.91 Å². The van der Waals surface area contributed by atoms with Crippen LogP contribution in [0, 0.1) is 6.92 Å². The molecular formula is C13H11BrN2O3S. The smallest absolute Gasteiger partial charge is 0.267 e. The Kier molecular flexibility index (Phi) is 3.62. The molecule has 0 aliphatic carbocycles. The molecule has 0 saturated heterocycles. The highest BCUT2D eigenvalue weighted by Crippen LogP contribution is 2.38. The Bertz CT molecular complexity index is 672. The predicted octanol–water partition coefficient (Wildman–Crippen LogP) is 3.24. The number of nitrogens with one attached hydrogen (secondary N) is 1. The standard InChI is InChI=1S/C13H11BrN2O3S/c1-7-15-6-12(20-7)13(17)16-9-5-11-10(4-8(9)14)18-2-3-19-11/h4-6H,2-3H2,1H3,(H,16,17). The summed E-state index contributed by atoms with van der Waals surface area (Å²) in [4.78, 5) is 16.8. The number of hydrogen-bond donors (Lipinski definition) is 1. The molecule has 0 radical (unpaired) electrons. The zero-order valence-corrected chi connectivity index (χ0v) is 13.0. The number of nitrogens with zero attached hydrogens (tertiary/aromatic N) is 1. The van der Waals surface area contributed by atoms with Crippen LogP contribution in [0.3, 0.4) is 0 Å². The number of aryl methyl sites for hydroxylation is 1. The molecule has 5 nitrogen and oxygen atoms in total. The number of carbonyl (C=O) groups is 1. The Morgan fingerprint density at radius 1 is 1.35 bits per heavy atom.